The molecule has 0 spiro atoms. The Balaban J connectivity index is 1.88. The Morgan fingerprint density at radius 2 is 2.04 bits per heavy atom. The summed E-state index contributed by atoms with van der Waals surface area (Å²) in [6.07, 6.45) is 3.54. The number of anilines is 2. The van der Waals surface area contributed by atoms with Crippen LogP contribution in [0.3, 0.4) is 0 Å². The van der Waals surface area contributed by atoms with Crippen LogP contribution in [0.25, 0.3) is 10.9 Å². The Labute approximate surface area is 134 Å². The number of hydrogen-bond acceptors (Lipinski definition) is 3. The van der Waals surface area contributed by atoms with Gasteiger partial charge in [0.1, 0.15) is 11.3 Å². The van der Waals surface area contributed by atoms with E-state index < -0.39 is 5.82 Å². The lowest BCUT2D eigenvalue weighted by Crippen LogP contribution is -2.30. The molecule has 3 rings (SSSR count). The van der Waals surface area contributed by atoms with E-state index in [-0.39, 0.29) is 6.03 Å². The van der Waals surface area contributed by atoms with Crippen molar-refractivity contribution < 1.29 is 9.18 Å². The van der Waals surface area contributed by atoms with Gasteiger partial charge in [-0.1, -0.05) is 0 Å². The molecule has 1 aliphatic heterocycles. The van der Waals surface area contributed by atoms with Crippen molar-refractivity contribution in [3.63, 3.8) is 0 Å². The fourth-order valence-electron chi connectivity index (χ4n) is 2.89. The van der Waals surface area contributed by atoms with Crippen LogP contribution in [0, 0.1) is 5.82 Å². The SMILES string of the molecule is CCNC(=O)Nc1cc(F)c2nc(N3CCCCC3)ccc2c1. The Morgan fingerprint density at radius 3 is 2.78 bits per heavy atom. The Hall–Kier alpha value is -2.37. The van der Waals surface area contributed by atoms with Gasteiger partial charge in [0, 0.05) is 30.7 Å². The number of nitrogens with zero attached hydrogens (tertiary/aromatic N) is 2. The van der Waals surface area contributed by atoms with E-state index in [1.807, 2.05) is 19.1 Å². The van der Waals surface area contributed by atoms with Crippen molar-refractivity contribution in [2.45, 2.75) is 26.2 Å². The fraction of sp³-hybridized carbons (Fsp3) is 0.412. The Morgan fingerprint density at radius 1 is 1.26 bits per heavy atom. The number of piperidine rings is 1. The first kappa shape index (κ1) is 15.5. The van der Waals surface area contributed by atoms with Crippen LogP contribution in [0.4, 0.5) is 20.7 Å². The number of rotatable bonds is 3. The van der Waals surface area contributed by atoms with E-state index in [1.165, 1.54) is 12.5 Å². The summed E-state index contributed by atoms with van der Waals surface area (Å²) in [6, 6.07) is 6.48. The number of carbonyl (C=O) groups excluding carboxylic acids is 1. The fourth-order valence-corrected chi connectivity index (χ4v) is 2.89. The van der Waals surface area contributed by atoms with Gasteiger partial charge in [-0.25, -0.2) is 14.2 Å². The highest BCUT2D eigenvalue weighted by atomic mass is 19.1. The predicted molar refractivity (Wildman–Crippen MR) is 90.5 cm³/mol. The average Bonchev–Trinajstić information content (AvgIpc) is 2.55. The van der Waals surface area contributed by atoms with Gasteiger partial charge in [-0.15, -0.1) is 0 Å². The first-order chi connectivity index (χ1) is 11.2. The maximum absolute atomic E-state index is 14.4. The molecule has 6 heteroatoms. The summed E-state index contributed by atoms with van der Waals surface area (Å²) in [5.41, 5.74) is 0.767. The number of aromatic nitrogens is 1. The molecule has 0 atom stereocenters. The van der Waals surface area contributed by atoms with E-state index in [2.05, 4.69) is 20.5 Å². The predicted octanol–water partition coefficient (Wildman–Crippen LogP) is 3.51. The summed E-state index contributed by atoms with van der Waals surface area (Å²) >= 11 is 0. The minimum Gasteiger partial charge on any atom is -0.357 e. The zero-order valence-corrected chi connectivity index (χ0v) is 13.2. The second kappa shape index (κ2) is 6.81. The third-order valence-corrected chi connectivity index (χ3v) is 4.01. The molecular weight excluding hydrogens is 295 g/mol. The molecule has 0 radical (unpaired) electrons. The highest BCUT2D eigenvalue weighted by molar-refractivity contribution is 5.93. The standard InChI is InChI=1S/C17H21FN4O/c1-2-19-17(23)20-13-10-12-6-7-15(21-16(12)14(18)11-13)22-8-4-3-5-9-22/h6-7,10-11H,2-5,8-9H2,1H3,(H2,19,20,23). The summed E-state index contributed by atoms with van der Waals surface area (Å²) in [6.45, 7) is 4.28. The van der Waals surface area contributed by atoms with Crippen molar-refractivity contribution in [1.82, 2.24) is 10.3 Å². The molecule has 2 aromatic rings. The van der Waals surface area contributed by atoms with Crippen molar-refractivity contribution in [3.8, 4) is 0 Å². The molecule has 0 aliphatic carbocycles. The average molecular weight is 316 g/mol. The van der Waals surface area contributed by atoms with E-state index in [0.29, 0.717) is 23.1 Å². The van der Waals surface area contributed by atoms with Gasteiger partial charge in [0.05, 0.1) is 0 Å². The number of urea groups is 1. The van der Waals surface area contributed by atoms with Gasteiger partial charge in [0.25, 0.3) is 0 Å². The minimum atomic E-state index is -0.423. The van der Waals surface area contributed by atoms with E-state index in [9.17, 15) is 9.18 Å². The normalized spacial score (nSPS) is 14.8. The van der Waals surface area contributed by atoms with Gasteiger partial charge in [0.15, 0.2) is 5.82 Å². The second-order valence-electron chi connectivity index (χ2n) is 5.73. The number of nitrogens with one attached hydrogen (secondary N) is 2. The number of benzene rings is 1. The van der Waals surface area contributed by atoms with Crippen molar-refractivity contribution in [3.05, 3.63) is 30.1 Å². The molecule has 0 bridgehead atoms. The van der Waals surface area contributed by atoms with Gasteiger partial charge >= 0.3 is 6.03 Å². The van der Waals surface area contributed by atoms with Crippen LogP contribution in [-0.4, -0.2) is 30.6 Å². The number of pyridine rings is 1. The molecule has 1 aliphatic rings. The van der Waals surface area contributed by atoms with Crippen LogP contribution in [-0.2, 0) is 0 Å². The van der Waals surface area contributed by atoms with Crippen LogP contribution in [0.5, 0.6) is 0 Å². The van der Waals surface area contributed by atoms with Crippen molar-refractivity contribution in [1.29, 1.82) is 0 Å². The summed E-state index contributed by atoms with van der Waals surface area (Å²) in [4.78, 5) is 18.2. The number of amides is 2. The molecule has 1 aromatic carbocycles. The highest BCUT2D eigenvalue weighted by Crippen LogP contribution is 2.25. The molecule has 1 aromatic heterocycles. The first-order valence-electron chi connectivity index (χ1n) is 8.07. The molecule has 122 valence electrons. The lowest BCUT2D eigenvalue weighted by atomic mass is 10.1. The second-order valence-corrected chi connectivity index (χ2v) is 5.73. The number of carbonyl (C=O) groups is 1. The molecular formula is C17H21FN4O. The van der Waals surface area contributed by atoms with E-state index >= 15 is 0 Å². The maximum Gasteiger partial charge on any atom is 0.319 e. The van der Waals surface area contributed by atoms with Gasteiger partial charge in [0.2, 0.25) is 0 Å². The smallest absolute Gasteiger partial charge is 0.319 e. The van der Waals surface area contributed by atoms with Gasteiger partial charge < -0.3 is 15.5 Å². The van der Waals surface area contributed by atoms with Crippen LogP contribution in [0.1, 0.15) is 26.2 Å². The lowest BCUT2D eigenvalue weighted by Gasteiger charge is -2.27. The third-order valence-electron chi connectivity index (χ3n) is 4.01. The maximum atomic E-state index is 14.4. The summed E-state index contributed by atoms with van der Waals surface area (Å²) in [7, 11) is 0. The molecule has 2 N–H and O–H groups in total. The summed E-state index contributed by atoms with van der Waals surface area (Å²) < 4.78 is 14.4. The summed E-state index contributed by atoms with van der Waals surface area (Å²) in [5.74, 6) is 0.397. The third kappa shape index (κ3) is 3.52. The van der Waals surface area contributed by atoms with Gasteiger partial charge in [-0.3, -0.25) is 0 Å². The molecule has 1 saturated heterocycles. The highest BCUT2D eigenvalue weighted by Gasteiger charge is 2.14. The molecule has 0 unspecified atom stereocenters. The van der Waals surface area contributed by atoms with Crippen LogP contribution in [0.2, 0.25) is 0 Å². The number of hydrogen-bond donors (Lipinski definition) is 2. The number of fused-ring (bicyclic) bond motifs is 1. The zero-order valence-electron chi connectivity index (χ0n) is 13.2. The monoisotopic (exact) mass is 316 g/mol. The molecule has 5 nitrogen and oxygen atoms in total. The Bertz CT molecular complexity index is 713. The van der Waals surface area contributed by atoms with Crippen molar-refractivity contribution in [2.75, 3.05) is 29.9 Å². The lowest BCUT2D eigenvalue weighted by molar-refractivity contribution is 0.252. The van der Waals surface area contributed by atoms with E-state index in [4.69, 9.17) is 0 Å². The zero-order chi connectivity index (χ0) is 16.2. The largest absolute Gasteiger partial charge is 0.357 e. The van der Waals surface area contributed by atoms with Crippen LogP contribution >= 0.6 is 0 Å². The van der Waals surface area contributed by atoms with Gasteiger partial charge in [-0.2, -0.15) is 0 Å². The molecule has 1 fully saturated rings. The van der Waals surface area contributed by atoms with Gasteiger partial charge in [-0.05, 0) is 50.5 Å². The topological polar surface area (TPSA) is 57.3 Å². The van der Waals surface area contributed by atoms with E-state index in [1.54, 1.807) is 6.07 Å². The summed E-state index contributed by atoms with van der Waals surface area (Å²) in [5, 5.41) is 5.92. The molecule has 23 heavy (non-hydrogen) atoms. The molecule has 2 amide bonds. The van der Waals surface area contributed by atoms with E-state index in [0.717, 1.165) is 31.7 Å². The molecule has 0 saturated carbocycles. The van der Waals surface area contributed by atoms with Crippen molar-refractivity contribution >= 4 is 28.4 Å². The van der Waals surface area contributed by atoms with Crippen molar-refractivity contribution in [2.24, 2.45) is 0 Å². The Kier molecular flexibility index (Phi) is 4.60. The molecule has 2 heterocycles. The van der Waals surface area contributed by atoms with Crippen LogP contribution in [0.15, 0.2) is 24.3 Å². The number of halogens is 1. The minimum absolute atomic E-state index is 0.342. The van der Waals surface area contributed by atoms with Crippen LogP contribution < -0.4 is 15.5 Å². The quantitative estimate of drug-likeness (QED) is 0.911. The first-order valence-corrected chi connectivity index (χ1v) is 8.07.